The Kier molecular flexibility index (Phi) is 4.40. The fourth-order valence-corrected chi connectivity index (χ4v) is 2.66. The van der Waals surface area contributed by atoms with Gasteiger partial charge in [-0.1, -0.05) is 6.07 Å². The SMILES string of the molecule is Cc1ccc(N2CCC[C@@H](NCc3ccccn3)C2)nn1. The molecular formula is C16H21N5. The highest BCUT2D eigenvalue weighted by molar-refractivity contribution is 5.38. The minimum Gasteiger partial charge on any atom is -0.354 e. The number of rotatable bonds is 4. The molecule has 1 aliphatic rings. The van der Waals surface area contributed by atoms with Crippen molar-refractivity contribution in [3.63, 3.8) is 0 Å². The third kappa shape index (κ3) is 3.76. The highest BCUT2D eigenvalue weighted by Gasteiger charge is 2.20. The van der Waals surface area contributed by atoms with Crippen molar-refractivity contribution in [2.45, 2.75) is 32.4 Å². The van der Waals surface area contributed by atoms with E-state index in [0.29, 0.717) is 6.04 Å². The van der Waals surface area contributed by atoms with Gasteiger partial charge in [-0.05, 0) is 44.0 Å². The average Bonchev–Trinajstić information content (AvgIpc) is 2.55. The van der Waals surface area contributed by atoms with Crippen LogP contribution in [0.1, 0.15) is 24.2 Å². The molecular weight excluding hydrogens is 262 g/mol. The Morgan fingerprint density at radius 3 is 2.95 bits per heavy atom. The first kappa shape index (κ1) is 13.9. The third-order valence-corrected chi connectivity index (χ3v) is 3.83. The molecule has 0 unspecified atom stereocenters. The van der Waals surface area contributed by atoms with Gasteiger partial charge in [-0.15, -0.1) is 5.10 Å². The van der Waals surface area contributed by atoms with Crippen LogP contribution in [-0.4, -0.2) is 34.3 Å². The minimum atomic E-state index is 0.476. The van der Waals surface area contributed by atoms with Gasteiger partial charge in [-0.2, -0.15) is 5.10 Å². The van der Waals surface area contributed by atoms with Crippen LogP contribution in [0, 0.1) is 6.92 Å². The van der Waals surface area contributed by atoms with E-state index in [1.807, 2.05) is 31.3 Å². The van der Waals surface area contributed by atoms with E-state index in [4.69, 9.17) is 0 Å². The number of hydrogen-bond donors (Lipinski definition) is 1. The third-order valence-electron chi connectivity index (χ3n) is 3.83. The summed E-state index contributed by atoms with van der Waals surface area (Å²) in [6, 6.07) is 10.6. The highest BCUT2D eigenvalue weighted by Crippen LogP contribution is 2.17. The number of piperidine rings is 1. The largest absolute Gasteiger partial charge is 0.354 e. The number of nitrogens with one attached hydrogen (secondary N) is 1. The van der Waals surface area contributed by atoms with Crippen LogP contribution in [-0.2, 0) is 6.54 Å². The van der Waals surface area contributed by atoms with E-state index in [2.05, 4.69) is 37.5 Å². The molecule has 1 atom stereocenters. The van der Waals surface area contributed by atoms with E-state index >= 15 is 0 Å². The minimum absolute atomic E-state index is 0.476. The van der Waals surface area contributed by atoms with Crippen LogP contribution in [0.4, 0.5) is 5.82 Å². The summed E-state index contributed by atoms with van der Waals surface area (Å²) < 4.78 is 0. The van der Waals surface area contributed by atoms with Crippen molar-refractivity contribution in [2.24, 2.45) is 0 Å². The lowest BCUT2D eigenvalue weighted by molar-refractivity contribution is 0.417. The molecule has 21 heavy (non-hydrogen) atoms. The van der Waals surface area contributed by atoms with Crippen LogP contribution in [0.2, 0.25) is 0 Å². The van der Waals surface area contributed by atoms with E-state index < -0.39 is 0 Å². The fraction of sp³-hybridized carbons (Fsp3) is 0.438. The predicted octanol–water partition coefficient (Wildman–Crippen LogP) is 1.94. The van der Waals surface area contributed by atoms with Gasteiger partial charge in [0.05, 0.1) is 11.4 Å². The molecule has 0 bridgehead atoms. The van der Waals surface area contributed by atoms with Crippen LogP contribution < -0.4 is 10.2 Å². The van der Waals surface area contributed by atoms with Crippen molar-refractivity contribution in [3.8, 4) is 0 Å². The summed E-state index contributed by atoms with van der Waals surface area (Å²) in [5, 5.41) is 12.0. The second-order valence-corrected chi connectivity index (χ2v) is 5.52. The average molecular weight is 283 g/mol. The normalized spacial score (nSPS) is 18.7. The maximum atomic E-state index is 4.35. The van der Waals surface area contributed by atoms with Gasteiger partial charge >= 0.3 is 0 Å². The van der Waals surface area contributed by atoms with Gasteiger partial charge in [0.1, 0.15) is 0 Å². The van der Waals surface area contributed by atoms with E-state index in [-0.39, 0.29) is 0 Å². The molecule has 2 aromatic heterocycles. The lowest BCUT2D eigenvalue weighted by Gasteiger charge is -2.33. The molecule has 3 heterocycles. The molecule has 3 rings (SSSR count). The molecule has 0 spiro atoms. The Hall–Kier alpha value is -2.01. The Labute approximate surface area is 125 Å². The summed E-state index contributed by atoms with van der Waals surface area (Å²) in [4.78, 5) is 6.66. The number of hydrogen-bond acceptors (Lipinski definition) is 5. The van der Waals surface area contributed by atoms with Crippen molar-refractivity contribution < 1.29 is 0 Å². The highest BCUT2D eigenvalue weighted by atomic mass is 15.3. The van der Waals surface area contributed by atoms with Crippen molar-refractivity contribution >= 4 is 5.82 Å². The quantitative estimate of drug-likeness (QED) is 0.929. The Morgan fingerprint density at radius 1 is 1.24 bits per heavy atom. The van der Waals surface area contributed by atoms with Crippen LogP contribution in [0.25, 0.3) is 0 Å². The molecule has 5 heteroatoms. The number of nitrogens with zero attached hydrogens (tertiary/aromatic N) is 4. The van der Waals surface area contributed by atoms with Crippen molar-refractivity contribution in [2.75, 3.05) is 18.0 Å². The van der Waals surface area contributed by atoms with Crippen LogP contribution in [0.3, 0.4) is 0 Å². The lowest BCUT2D eigenvalue weighted by Crippen LogP contribution is -2.45. The lowest BCUT2D eigenvalue weighted by atomic mass is 10.1. The summed E-state index contributed by atoms with van der Waals surface area (Å²) in [7, 11) is 0. The van der Waals surface area contributed by atoms with Gasteiger partial charge in [-0.25, -0.2) is 0 Å². The second-order valence-electron chi connectivity index (χ2n) is 5.52. The number of anilines is 1. The van der Waals surface area contributed by atoms with E-state index in [1.165, 1.54) is 12.8 Å². The van der Waals surface area contributed by atoms with E-state index in [9.17, 15) is 0 Å². The summed E-state index contributed by atoms with van der Waals surface area (Å²) in [5.74, 6) is 0.977. The number of aromatic nitrogens is 3. The van der Waals surface area contributed by atoms with Crippen LogP contribution in [0.15, 0.2) is 36.5 Å². The fourth-order valence-electron chi connectivity index (χ4n) is 2.66. The van der Waals surface area contributed by atoms with Crippen molar-refractivity contribution in [3.05, 3.63) is 47.9 Å². The summed E-state index contributed by atoms with van der Waals surface area (Å²) in [6.07, 6.45) is 4.21. The summed E-state index contributed by atoms with van der Waals surface area (Å²) in [5.41, 5.74) is 2.05. The van der Waals surface area contributed by atoms with Crippen molar-refractivity contribution in [1.82, 2.24) is 20.5 Å². The molecule has 0 aliphatic carbocycles. The van der Waals surface area contributed by atoms with Gasteiger partial charge < -0.3 is 10.2 Å². The molecule has 1 aliphatic heterocycles. The molecule has 0 radical (unpaired) electrons. The Balaban J connectivity index is 1.57. The molecule has 0 saturated carbocycles. The first-order valence-electron chi connectivity index (χ1n) is 7.50. The first-order chi connectivity index (χ1) is 10.3. The van der Waals surface area contributed by atoms with Gasteiger partial charge in [0.15, 0.2) is 5.82 Å². The molecule has 1 fully saturated rings. The zero-order valence-electron chi connectivity index (χ0n) is 12.4. The topological polar surface area (TPSA) is 53.9 Å². The van der Waals surface area contributed by atoms with Crippen LogP contribution in [0.5, 0.6) is 0 Å². The molecule has 1 N–H and O–H groups in total. The smallest absolute Gasteiger partial charge is 0.151 e. The zero-order valence-corrected chi connectivity index (χ0v) is 12.4. The van der Waals surface area contributed by atoms with Crippen molar-refractivity contribution in [1.29, 1.82) is 0 Å². The van der Waals surface area contributed by atoms with Gasteiger partial charge in [0.2, 0.25) is 0 Å². The molecule has 0 amide bonds. The maximum Gasteiger partial charge on any atom is 0.151 e. The number of aryl methyl sites for hydroxylation is 1. The second kappa shape index (κ2) is 6.63. The Bertz CT molecular complexity index is 555. The van der Waals surface area contributed by atoms with Gasteiger partial charge in [0.25, 0.3) is 0 Å². The maximum absolute atomic E-state index is 4.35. The molecule has 5 nitrogen and oxygen atoms in total. The monoisotopic (exact) mass is 283 g/mol. The molecule has 110 valence electrons. The molecule has 1 saturated heterocycles. The predicted molar refractivity (Wildman–Crippen MR) is 83.1 cm³/mol. The Morgan fingerprint density at radius 2 is 2.19 bits per heavy atom. The first-order valence-corrected chi connectivity index (χ1v) is 7.50. The molecule has 2 aromatic rings. The van der Waals surface area contributed by atoms with Gasteiger partial charge in [-0.3, -0.25) is 4.98 Å². The molecule has 0 aromatic carbocycles. The standard InChI is InChI=1S/C16H21N5/c1-13-7-8-16(20-19-13)21-10-4-6-15(12-21)18-11-14-5-2-3-9-17-14/h2-3,5,7-9,15,18H,4,6,10-12H2,1H3/t15-/m1/s1. The van der Waals surface area contributed by atoms with E-state index in [0.717, 1.165) is 36.8 Å². The zero-order chi connectivity index (χ0) is 14.5. The summed E-state index contributed by atoms with van der Waals surface area (Å²) in [6.45, 7) is 4.81. The summed E-state index contributed by atoms with van der Waals surface area (Å²) >= 11 is 0. The van der Waals surface area contributed by atoms with E-state index in [1.54, 1.807) is 0 Å². The van der Waals surface area contributed by atoms with Gasteiger partial charge in [0, 0.05) is 31.9 Å². The van der Waals surface area contributed by atoms with Crippen LogP contribution >= 0.6 is 0 Å². The number of pyridine rings is 1.